The summed E-state index contributed by atoms with van der Waals surface area (Å²) < 4.78 is 7.91. The molecule has 2 heterocycles. The monoisotopic (exact) mass is 515 g/mol. The van der Waals surface area contributed by atoms with Crippen molar-refractivity contribution in [2.24, 2.45) is 7.05 Å². The number of amides is 1. The molecule has 148 valence electrons. The Morgan fingerprint density at radius 1 is 1.39 bits per heavy atom. The van der Waals surface area contributed by atoms with Gasteiger partial charge >= 0.3 is 0 Å². The molecule has 28 heavy (non-hydrogen) atoms. The highest BCUT2D eigenvalue weighted by molar-refractivity contribution is 14.1. The predicted octanol–water partition coefficient (Wildman–Crippen LogP) is 3.55. The third-order valence-electron chi connectivity index (χ3n) is 4.32. The van der Waals surface area contributed by atoms with Gasteiger partial charge in [-0.15, -0.1) is 0 Å². The molecule has 3 rings (SSSR count). The van der Waals surface area contributed by atoms with Gasteiger partial charge in [-0.3, -0.25) is 14.2 Å². The summed E-state index contributed by atoms with van der Waals surface area (Å²) in [6.45, 7) is 2.01. The van der Waals surface area contributed by atoms with E-state index >= 15 is 0 Å². The Hall–Kier alpha value is -2.04. The minimum Gasteiger partial charge on any atom is -0.463 e. The molecule has 0 aliphatic heterocycles. The lowest BCUT2D eigenvalue weighted by atomic mass is 10.1. The number of hydrogen-bond acceptors (Lipinski definition) is 5. The van der Waals surface area contributed by atoms with E-state index in [9.17, 15) is 9.59 Å². The van der Waals surface area contributed by atoms with E-state index in [2.05, 4.69) is 33.2 Å². The zero-order valence-corrected chi connectivity index (χ0v) is 18.2. The van der Waals surface area contributed by atoms with E-state index in [0.29, 0.717) is 34.6 Å². The average Bonchev–Trinajstić information content (AvgIpc) is 3.03. The molecule has 7 nitrogen and oxygen atoms in total. The number of benzene rings is 1. The van der Waals surface area contributed by atoms with Crippen molar-refractivity contribution in [1.29, 1.82) is 0 Å². The van der Waals surface area contributed by atoms with Crippen LogP contribution in [0.4, 0.5) is 11.5 Å². The van der Waals surface area contributed by atoms with Gasteiger partial charge in [0.05, 0.1) is 22.4 Å². The molecule has 0 radical (unpaired) electrons. The molecule has 0 saturated carbocycles. The van der Waals surface area contributed by atoms with Crippen molar-refractivity contribution in [3.63, 3.8) is 0 Å². The highest BCUT2D eigenvalue weighted by Gasteiger charge is 2.25. The maximum Gasteiger partial charge on any atom is 0.263 e. The van der Waals surface area contributed by atoms with Crippen LogP contribution in [0.2, 0.25) is 5.02 Å². The van der Waals surface area contributed by atoms with Crippen LogP contribution in [0, 0.1) is 10.5 Å². The molecule has 0 bridgehead atoms. The summed E-state index contributed by atoms with van der Waals surface area (Å²) in [6.07, 6.45) is 1.88. The average molecular weight is 516 g/mol. The van der Waals surface area contributed by atoms with Crippen LogP contribution in [0.25, 0.3) is 11.0 Å². The SMILES string of the molecule is Cc1coc2c(C(=O)NCCCO)c(Nc3ccc(I)cc3Cl)n(C)c(=O)c12. The summed E-state index contributed by atoms with van der Waals surface area (Å²) in [4.78, 5) is 25.8. The predicted molar refractivity (Wildman–Crippen MR) is 118 cm³/mol. The molecule has 3 aromatic rings. The number of anilines is 2. The van der Waals surface area contributed by atoms with Gasteiger partial charge in [0.1, 0.15) is 11.4 Å². The van der Waals surface area contributed by atoms with Crippen LogP contribution in [-0.2, 0) is 7.05 Å². The summed E-state index contributed by atoms with van der Waals surface area (Å²) in [5.41, 5.74) is 1.35. The molecular formula is C19H19ClIN3O4. The largest absolute Gasteiger partial charge is 0.463 e. The van der Waals surface area contributed by atoms with Gasteiger partial charge in [0.15, 0.2) is 5.58 Å². The molecule has 0 aliphatic carbocycles. The van der Waals surface area contributed by atoms with Gasteiger partial charge in [0, 0.05) is 29.3 Å². The van der Waals surface area contributed by atoms with Gasteiger partial charge in [-0.1, -0.05) is 11.6 Å². The van der Waals surface area contributed by atoms with Gasteiger partial charge < -0.3 is 20.2 Å². The van der Waals surface area contributed by atoms with Gasteiger partial charge in [-0.25, -0.2) is 0 Å². The molecule has 0 aliphatic rings. The first-order valence-corrected chi connectivity index (χ1v) is 10.0. The Kier molecular flexibility index (Phi) is 6.31. The van der Waals surface area contributed by atoms with Crippen LogP contribution in [-0.4, -0.2) is 28.7 Å². The van der Waals surface area contributed by atoms with Crippen molar-refractivity contribution in [3.05, 3.63) is 54.5 Å². The number of carbonyl (C=O) groups excluding carboxylic acids is 1. The first-order valence-electron chi connectivity index (χ1n) is 8.57. The first kappa shape index (κ1) is 20.7. The number of hydrogen-bond donors (Lipinski definition) is 3. The molecule has 9 heteroatoms. The third kappa shape index (κ3) is 3.89. The lowest BCUT2D eigenvalue weighted by Crippen LogP contribution is -2.30. The molecule has 3 N–H and O–H groups in total. The maximum atomic E-state index is 12.9. The number of nitrogens with one attached hydrogen (secondary N) is 2. The van der Waals surface area contributed by atoms with Gasteiger partial charge in [0.25, 0.3) is 11.5 Å². The van der Waals surface area contributed by atoms with Crippen LogP contribution >= 0.6 is 34.2 Å². The van der Waals surface area contributed by atoms with E-state index in [1.165, 1.54) is 10.8 Å². The Morgan fingerprint density at radius 3 is 2.82 bits per heavy atom. The van der Waals surface area contributed by atoms with E-state index in [0.717, 1.165) is 3.57 Å². The highest BCUT2D eigenvalue weighted by atomic mass is 127. The van der Waals surface area contributed by atoms with Crippen LogP contribution in [0.1, 0.15) is 22.3 Å². The van der Waals surface area contributed by atoms with Crippen LogP contribution < -0.4 is 16.2 Å². The number of furan rings is 1. The fourth-order valence-electron chi connectivity index (χ4n) is 2.88. The molecule has 0 unspecified atom stereocenters. The van der Waals surface area contributed by atoms with Crippen LogP contribution in [0.3, 0.4) is 0 Å². The number of rotatable bonds is 6. The maximum absolute atomic E-state index is 12.9. The van der Waals surface area contributed by atoms with Crippen molar-refractivity contribution in [2.45, 2.75) is 13.3 Å². The summed E-state index contributed by atoms with van der Waals surface area (Å²) in [6, 6.07) is 5.42. The second kappa shape index (κ2) is 8.54. The number of carbonyl (C=O) groups is 1. The molecule has 1 amide bonds. The number of aliphatic hydroxyl groups is 1. The smallest absolute Gasteiger partial charge is 0.263 e. The lowest BCUT2D eigenvalue weighted by molar-refractivity contribution is 0.0952. The zero-order chi connectivity index (χ0) is 20.4. The summed E-state index contributed by atoms with van der Waals surface area (Å²) in [7, 11) is 1.58. The standard InChI is InChI=1S/C19H19ClIN3O4/c1-10-9-28-16-14(10)19(27)24(2)17(15(16)18(26)22-6-3-7-25)23-13-5-4-11(21)8-12(13)20/h4-5,8-9,23,25H,3,6-7H2,1-2H3,(H,22,26). The van der Waals surface area contributed by atoms with E-state index in [-0.39, 0.29) is 29.1 Å². The Morgan fingerprint density at radius 2 is 2.14 bits per heavy atom. The van der Waals surface area contributed by atoms with Crippen LogP contribution in [0.5, 0.6) is 0 Å². The molecule has 0 atom stereocenters. The van der Waals surface area contributed by atoms with E-state index in [4.69, 9.17) is 21.1 Å². The number of fused-ring (bicyclic) bond motifs is 1. The number of aryl methyl sites for hydroxylation is 1. The molecular weight excluding hydrogens is 497 g/mol. The number of pyridine rings is 1. The van der Waals surface area contributed by atoms with E-state index in [1.54, 1.807) is 26.1 Å². The summed E-state index contributed by atoms with van der Waals surface area (Å²) >= 11 is 8.47. The number of aliphatic hydroxyl groups excluding tert-OH is 1. The van der Waals surface area contributed by atoms with E-state index < -0.39 is 5.91 Å². The first-order chi connectivity index (χ1) is 13.3. The second-order valence-corrected chi connectivity index (χ2v) is 7.95. The molecule has 0 spiro atoms. The van der Waals surface area contributed by atoms with Crippen molar-refractivity contribution >= 4 is 62.6 Å². The topological polar surface area (TPSA) is 96.5 Å². The Labute approximate surface area is 179 Å². The molecule has 1 aromatic carbocycles. The Bertz CT molecular complexity index is 1110. The fourth-order valence-corrected chi connectivity index (χ4v) is 3.79. The Balaban J connectivity index is 2.19. The van der Waals surface area contributed by atoms with E-state index in [1.807, 2.05) is 6.07 Å². The number of halogens is 2. The van der Waals surface area contributed by atoms with Crippen LogP contribution in [0.15, 0.2) is 33.7 Å². The molecule has 0 fully saturated rings. The summed E-state index contributed by atoms with van der Waals surface area (Å²) in [5.74, 6) is -0.135. The van der Waals surface area contributed by atoms with Gasteiger partial charge in [-0.05, 0) is 54.1 Å². The normalized spacial score (nSPS) is 11.0. The van der Waals surface area contributed by atoms with Crippen molar-refractivity contribution in [1.82, 2.24) is 9.88 Å². The molecule has 0 saturated heterocycles. The lowest BCUT2D eigenvalue weighted by Gasteiger charge is -2.17. The van der Waals surface area contributed by atoms with Crippen molar-refractivity contribution in [2.75, 3.05) is 18.5 Å². The summed E-state index contributed by atoms with van der Waals surface area (Å²) in [5, 5.41) is 15.6. The minimum absolute atomic E-state index is 0.0355. The third-order valence-corrected chi connectivity index (χ3v) is 5.31. The fraction of sp³-hybridized carbons (Fsp3) is 0.263. The number of aromatic nitrogens is 1. The second-order valence-electron chi connectivity index (χ2n) is 6.29. The number of nitrogens with zero attached hydrogens (tertiary/aromatic N) is 1. The quantitative estimate of drug-likeness (QED) is 0.345. The van der Waals surface area contributed by atoms with Crippen molar-refractivity contribution < 1.29 is 14.3 Å². The molecule has 2 aromatic heterocycles. The van der Waals surface area contributed by atoms with Crippen molar-refractivity contribution in [3.8, 4) is 0 Å². The highest BCUT2D eigenvalue weighted by Crippen LogP contribution is 2.32. The van der Waals surface area contributed by atoms with Gasteiger partial charge in [0.2, 0.25) is 0 Å². The zero-order valence-electron chi connectivity index (χ0n) is 15.3. The van der Waals surface area contributed by atoms with Gasteiger partial charge in [-0.2, -0.15) is 0 Å². The minimum atomic E-state index is -0.410.